The summed E-state index contributed by atoms with van der Waals surface area (Å²) in [7, 11) is 0. The summed E-state index contributed by atoms with van der Waals surface area (Å²) in [6.45, 7) is 4.09. The Hall–Kier alpha value is -2.83. The van der Waals surface area contributed by atoms with E-state index in [1.54, 1.807) is 31.2 Å². The molecule has 0 radical (unpaired) electrons. The van der Waals surface area contributed by atoms with Gasteiger partial charge in [-0.25, -0.2) is 9.59 Å². The minimum absolute atomic E-state index is 0.249. The zero-order valence-corrected chi connectivity index (χ0v) is 17.7. The number of rotatable bonds is 6. The molecule has 0 bridgehead atoms. The monoisotopic (exact) mass is 428 g/mol. The summed E-state index contributed by atoms with van der Waals surface area (Å²) in [4.78, 5) is 25.0. The number of thiophene rings is 1. The van der Waals surface area contributed by atoms with E-state index in [0.29, 0.717) is 21.3 Å². The second-order valence-corrected chi connectivity index (χ2v) is 7.53. The maximum Gasteiger partial charge on any atom is 0.341 e. The summed E-state index contributed by atoms with van der Waals surface area (Å²) in [5, 5.41) is 8.35. The third kappa shape index (κ3) is 5.16. The minimum Gasteiger partial charge on any atom is -0.462 e. The Morgan fingerprint density at radius 3 is 2.31 bits per heavy atom. The van der Waals surface area contributed by atoms with Crippen molar-refractivity contribution in [1.29, 1.82) is 0 Å². The molecule has 150 valence electrons. The first-order valence-electron chi connectivity index (χ1n) is 9.23. The maximum absolute atomic E-state index is 12.6. The Morgan fingerprint density at radius 2 is 1.69 bits per heavy atom. The highest BCUT2D eigenvalue weighted by Gasteiger charge is 2.22. The lowest BCUT2D eigenvalue weighted by atomic mass is 10.0. The Labute approximate surface area is 178 Å². The van der Waals surface area contributed by atoms with Crippen molar-refractivity contribution in [1.82, 2.24) is 0 Å². The van der Waals surface area contributed by atoms with Crippen molar-refractivity contribution in [2.45, 2.75) is 20.3 Å². The molecule has 2 N–H and O–H groups in total. The lowest BCUT2D eigenvalue weighted by molar-refractivity contribution is 0.0529. The molecule has 3 rings (SSSR count). The number of urea groups is 1. The molecule has 1 heterocycles. The molecule has 2 amide bonds. The van der Waals surface area contributed by atoms with Crippen molar-refractivity contribution >= 4 is 45.6 Å². The van der Waals surface area contributed by atoms with Crippen LogP contribution in [-0.2, 0) is 11.2 Å². The number of nitrogens with one attached hydrogen (secondary N) is 2. The molecule has 1 aromatic heterocycles. The molecule has 3 aromatic rings. The van der Waals surface area contributed by atoms with Crippen LogP contribution >= 0.6 is 22.9 Å². The molecule has 0 aliphatic heterocycles. The van der Waals surface area contributed by atoms with Crippen molar-refractivity contribution in [2.75, 3.05) is 17.2 Å². The van der Waals surface area contributed by atoms with E-state index in [1.807, 2.05) is 29.6 Å². The summed E-state index contributed by atoms with van der Waals surface area (Å²) >= 11 is 7.15. The highest BCUT2D eigenvalue weighted by atomic mass is 35.5. The summed E-state index contributed by atoms with van der Waals surface area (Å²) < 4.78 is 5.23. The Balaban J connectivity index is 1.87. The second-order valence-electron chi connectivity index (χ2n) is 6.21. The number of hydrogen-bond acceptors (Lipinski definition) is 4. The van der Waals surface area contributed by atoms with E-state index in [0.717, 1.165) is 17.5 Å². The highest BCUT2D eigenvalue weighted by Crippen LogP contribution is 2.36. The van der Waals surface area contributed by atoms with E-state index >= 15 is 0 Å². The molecule has 0 spiro atoms. The van der Waals surface area contributed by atoms with Gasteiger partial charge in [-0.1, -0.05) is 42.8 Å². The fourth-order valence-electron chi connectivity index (χ4n) is 2.79. The number of hydrogen-bond donors (Lipinski definition) is 2. The number of carbonyl (C=O) groups is 2. The fourth-order valence-corrected chi connectivity index (χ4v) is 3.87. The Bertz CT molecular complexity index is 998. The van der Waals surface area contributed by atoms with Crippen LogP contribution in [0.15, 0.2) is 53.9 Å². The highest BCUT2D eigenvalue weighted by molar-refractivity contribution is 7.15. The first-order valence-corrected chi connectivity index (χ1v) is 10.5. The number of halogens is 1. The topological polar surface area (TPSA) is 67.4 Å². The van der Waals surface area contributed by atoms with Gasteiger partial charge in [0.05, 0.1) is 6.61 Å². The number of ether oxygens (including phenoxy) is 1. The summed E-state index contributed by atoms with van der Waals surface area (Å²) in [5.74, 6) is -0.467. The normalized spacial score (nSPS) is 10.4. The molecule has 5 nitrogen and oxygen atoms in total. The molecule has 0 saturated carbocycles. The van der Waals surface area contributed by atoms with Gasteiger partial charge >= 0.3 is 12.0 Å². The predicted molar refractivity (Wildman–Crippen MR) is 119 cm³/mol. The molecule has 0 aliphatic rings. The molecule has 0 saturated heterocycles. The zero-order chi connectivity index (χ0) is 20.8. The first kappa shape index (κ1) is 20.9. The largest absolute Gasteiger partial charge is 0.462 e. The molecular formula is C22H21ClN2O3S. The zero-order valence-electron chi connectivity index (χ0n) is 16.1. The van der Waals surface area contributed by atoms with Crippen LogP contribution in [0.4, 0.5) is 15.5 Å². The van der Waals surface area contributed by atoms with Crippen LogP contribution in [0, 0.1) is 0 Å². The molecular weight excluding hydrogens is 408 g/mol. The number of esters is 1. The molecule has 0 atom stereocenters. The predicted octanol–water partition coefficient (Wildman–Crippen LogP) is 6.45. The van der Waals surface area contributed by atoms with Crippen molar-refractivity contribution in [3.63, 3.8) is 0 Å². The average Bonchev–Trinajstić information content (AvgIpc) is 3.13. The van der Waals surface area contributed by atoms with E-state index in [1.165, 1.54) is 16.9 Å². The van der Waals surface area contributed by atoms with E-state index in [-0.39, 0.29) is 6.61 Å². The maximum atomic E-state index is 12.6. The van der Waals surface area contributed by atoms with Gasteiger partial charge in [-0.15, -0.1) is 11.3 Å². The number of benzene rings is 2. The van der Waals surface area contributed by atoms with Crippen LogP contribution in [0.3, 0.4) is 0 Å². The lowest BCUT2D eigenvalue weighted by Crippen LogP contribution is -2.20. The minimum atomic E-state index is -0.467. The van der Waals surface area contributed by atoms with Gasteiger partial charge in [-0.3, -0.25) is 5.32 Å². The molecule has 7 heteroatoms. The summed E-state index contributed by atoms with van der Waals surface area (Å²) in [6.07, 6.45) is 0.937. The van der Waals surface area contributed by atoms with E-state index in [4.69, 9.17) is 16.3 Å². The Morgan fingerprint density at radius 1 is 1.00 bits per heavy atom. The standard InChI is InChI=1S/C22H21ClN2O3S/c1-3-14-5-7-15(8-6-14)18-13-29-20(19(18)21(26)28-4-2)25-22(27)24-17-11-9-16(23)10-12-17/h5-13H,3-4H2,1-2H3,(H2,24,25,27). The van der Waals surface area contributed by atoms with Gasteiger partial charge in [-0.05, 0) is 48.7 Å². The van der Waals surface area contributed by atoms with Gasteiger partial charge in [0.15, 0.2) is 0 Å². The van der Waals surface area contributed by atoms with Crippen molar-refractivity contribution in [3.8, 4) is 11.1 Å². The molecule has 29 heavy (non-hydrogen) atoms. The van der Waals surface area contributed by atoms with E-state index in [2.05, 4.69) is 17.6 Å². The average molecular weight is 429 g/mol. The molecule has 0 aliphatic carbocycles. The molecule has 0 unspecified atom stereocenters. The van der Waals surface area contributed by atoms with Gasteiger partial charge in [0.25, 0.3) is 0 Å². The summed E-state index contributed by atoms with van der Waals surface area (Å²) in [5.41, 5.74) is 3.79. The third-order valence-electron chi connectivity index (χ3n) is 4.27. The van der Waals surface area contributed by atoms with Crippen LogP contribution in [-0.4, -0.2) is 18.6 Å². The van der Waals surface area contributed by atoms with Crippen LogP contribution in [0.5, 0.6) is 0 Å². The van der Waals surface area contributed by atoms with Gasteiger partial charge in [-0.2, -0.15) is 0 Å². The van der Waals surface area contributed by atoms with Crippen molar-refractivity contribution < 1.29 is 14.3 Å². The van der Waals surface area contributed by atoms with E-state index in [9.17, 15) is 9.59 Å². The van der Waals surface area contributed by atoms with Gasteiger partial charge < -0.3 is 10.1 Å². The number of carbonyl (C=O) groups excluding carboxylic acids is 2. The number of amides is 2. The Kier molecular flexibility index (Phi) is 6.90. The lowest BCUT2D eigenvalue weighted by Gasteiger charge is -2.10. The SMILES string of the molecule is CCOC(=O)c1c(-c2ccc(CC)cc2)csc1NC(=O)Nc1ccc(Cl)cc1. The second kappa shape index (κ2) is 9.58. The number of aryl methyl sites for hydroxylation is 1. The van der Waals surface area contributed by atoms with Crippen molar-refractivity contribution in [3.05, 3.63) is 70.1 Å². The molecule has 0 fully saturated rings. The van der Waals surface area contributed by atoms with Crippen LogP contribution in [0.1, 0.15) is 29.8 Å². The number of anilines is 2. The quantitative estimate of drug-likeness (QED) is 0.443. The molecule has 2 aromatic carbocycles. The fraction of sp³-hybridized carbons (Fsp3) is 0.182. The van der Waals surface area contributed by atoms with Crippen LogP contribution in [0.2, 0.25) is 5.02 Å². The van der Waals surface area contributed by atoms with Crippen molar-refractivity contribution in [2.24, 2.45) is 0 Å². The van der Waals surface area contributed by atoms with E-state index < -0.39 is 12.0 Å². The van der Waals surface area contributed by atoms with Gasteiger partial charge in [0, 0.05) is 21.7 Å². The van der Waals surface area contributed by atoms with Crippen LogP contribution < -0.4 is 10.6 Å². The van der Waals surface area contributed by atoms with Gasteiger partial charge in [0.1, 0.15) is 10.6 Å². The third-order valence-corrected chi connectivity index (χ3v) is 5.42. The summed E-state index contributed by atoms with van der Waals surface area (Å²) in [6, 6.07) is 14.3. The van der Waals surface area contributed by atoms with Crippen LogP contribution in [0.25, 0.3) is 11.1 Å². The smallest absolute Gasteiger partial charge is 0.341 e. The van der Waals surface area contributed by atoms with Gasteiger partial charge in [0.2, 0.25) is 0 Å². The first-order chi connectivity index (χ1) is 14.0.